The average Bonchev–Trinajstić information content (AvgIpc) is 3.48. The van der Waals surface area contributed by atoms with E-state index in [-0.39, 0.29) is 23.5 Å². The van der Waals surface area contributed by atoms with Crippen molar-refractivity contribution in [1.29, 1.82) is 0 Å². The topological polar surface area (TPSA) is 90.9 Å². The van der Waals surface area contributed by atoms with E-state index in [2.05, 4.69) is 4.99 Å². The van der Waals surface area contributed by atoms with E-state index in [1.165, 1.54) is 35.0 Å². The van der Waals surface area contributed by atoms with E-state index in [0.29, 0.717) is 37.7 Å². The molecule has 3 heterocycles. The standard InChI is InChI=1S/C29H23FN2O5S/c1-4-36-28(35)25-16(2)31-29-32(26(25)20-9-11-21(30)12-10-20)27(34)24(38-29)15-22-13-14-23(37-22)19-7-5-18(6-8-19)17(3)33/h5-15,26H,4H2,1-3H3/b24-15+/t26-/m0/s1. The van der Waals surface area contributed by atoms with Crippen LogP contribution in [0.25, 0.3) is 17.4 Å². The number of halogens is 1. The van der Waals surface area contributed by atoms with E-state index in [9.17, 15) is 18.8 Å². The molecule has 192 valence electrons. The molecule has 1 aliphatic rings. The average molecular weight is 531 g/mol. The predicted octanol–water partition coefficient (Wildman–Crippen LogP) is 4.40. The minimum atomic E-state index is -0.819. The maximum Gasteiger partial charge on any atom is 0.338 e. The summed E-state index contributed by atoms with van der Waals surface area (Å²) in [6, 6.07) is 15.5. The maximum absolute atomic E-state index is 13.7. The highest BCUT2D eigenvalue weighted by molar-refractivity contribution is 7.07. The molecule has 7 nitrogen and oxygen atoms in total. The molecular formula is C29H23FN2O5S. The van der Waals surface area contributed by atoms with Crippen LogP contribution in [0.1, 0.15) is 48.5 Å². The van der Waals surface area contributed by atoms with Crippen molar-refractivity contribution in [2.45, 2.75) is 26.8 Å². The summed E-state index contributed by atoms with van der Waals surface area (Å²) in [5.74, 6) is 0.0182. The van der Waals surface area contributed by atoms with Gasteiger partial charge in [-0.05, 0) is 50.6 Å². The van der Waals surface area contributed by atoms with Crippen LogP contribution < -0.4 is 14.9 Å². The second-order valence-electron chi connectivity index (χ2n) is 8.69. The zero-order valence-electron chi connectivity index (χ0n) is 20.9. The molecule has 1 aliphatic heterocycles. The third-order valence-electron chi connectivity index (χ3n) is 6.18. The Morgan fingerprint density at radius 1 is 1.11 bits per heavy atom. The van der Waals surface area contributed by atoms with Gasteiger partial charge in [0.05, 0.1) is 28.5 Å². The first-order valence-corrected chi connectivity index (χ1v) is 12.7. The molecule has 0 fully saturated rings. The number of rotatable bonds is 6. The number of benzene rings is 2. The van der Waals surface area contributed by atoms with Crippen LogP contribution in [0.3, 0.4) is 0 Å². The van der Waals surface area contributed by atoms with Gasteiger partial charge in [0.15, 0.2) is 10.6 Å². The quantitative estimate of drug-likeness (QED) is 0.272. The van der Waals surface area contributed by atoms with Gasteiger partial charge in [-0.2, -0.15) is 0 Å². The largest absolute Gasteiger partial charge is 0.463 e. The summed E-state index contributed by atoms with van der Waals surface area (Å²) in [5.41, 5.74) is 2.26. The number of furan rings is 1. The number of nitrogens with zero attached hydrogens (tertiary/aromatic N) is 2. The Morgan fingerprint density at radius 3 is 2.47 bits per heavy atom. The van der Waals surface area contributed by atoms with E-state index in [4.69, 9.17) is 9.15 Å². The molecule has 2 aromatic carbocycles. The van der Waals surface area contributed by atoms with E-state index in [1.54, 1.807) is 68.5 Å². The number of ketones is 1. The molecule has 0 unspecified atom stereocenters. The third kappa shape index (κ3) is 4.68. The second-order valence-corrected chi connectivity index (χ2v) is 9.70. The summed E-state index contributed by atoms with van der Waals surface area (Å²) >= 11 is 1.17. The van der Waals surface area contributed by atoms with Crippen LogP contribution in [-0.4, -0.2) is 22.9 Å². The lowest BCUT2D eigenvalue weighted by Crippen LogP contribution is -2.39. The third-order valence-corrected chi connectivity index (χ3v) is 7.16. The molecule has 2 aromatic heterocycles. The van der Waals surface area contributed by atoms with Gasteiger partial charge in [0, 0.05) is 17.2 Å². The van der Waals surface area contributed by atoms with Crippen LogP contribution in [-0.2, 0) is 9.53 Å². The van der Waals surface area contributed by atoms with Gasteiger partial charge in [0.25, 0.3) is 5.56 Å². The molecule has 0 saturated carbocycles. The summed E-state index contributed by atoms with van der Waals surface area (Å²) < 4.78 is 26.7. The first-order valence-electron chi connectivity index (χ1n) is 11.9. The lowest BCUT2D eigenvalue weighted by molar-refractivity contribution is -0.139. The van der Waals surface area contributed by atoms with Crippen LogP contribution in [0.4, 0.5) is 4.39 Å². The van der Waals surface area contributed by atoms with E-state index in [1.807, 2.05) is 0 Å². The molecule has 0 N–H and O–H groups in total. The van der Waals surface area contributed by atoms with Crippen molar-refractivity contribution in [1.82, 2.24) is 4.57 Å². The highest BCUT2D eigenvalue weighted by Gasteiger charge is 2.33. The van der Waals surface area contributed by atoms with Crippen molar-refractivity contribution in [3.8, 4) is 11.3 Å². The Morgan fingerprint density at radius 2 is 1.82 bits per heavy atom. The van der Waals surface area contributed by atoms with Crippen LogP contribution in [0.2, 0.25) is 0 Å². The number of aromatic nitrogens is 1. The van der Waals surface area contributed by atoms with Gasteiger partial charge in [-0.15, -0.1) is 0 Å². The number of carbonyl (C=O) groups is 2. The Labute approximate surface area is 220 Å². The summed E-state index contributed by atoms with van der Waals surface area (Å²) in [5, 5.41) is 0. The highest BCUT2D eigenvalue weighted by Crippen LogP contribution is 2.31. The van der Waals surface area contributed by atoms with Gasteiger partial charge in [0.1, 0.15) is 17.3 Å². The number of Topliss-reactive ketones (excluding diaryl/α,β-unsaturated/α-hetero) is 1. The smallest absolute Gasteiger partial charge is 0.338 e. The molecule has 38 heavy (non-hydrogen) atoms. The normalized spacial score (nSPS) is 15.3. The van der Waals surface area contributed by atoms with Gasteiger partial charge in [-0.1, -0.05) is 47.7 Å². The van der Waals surface area contributed by atoms with Crippen LogP contribution in [0.15, 0.2) is 86.1 Å². The number of thiazole rings is 1. The fourth-order valence-electron chi connectivity index (χ4n) is 4.34. The predicted molar refractivity (Wildman–Crippen MR) is 141 cm³/mol. The van der Waals surface area contributed by atoms with E-state index >= 15 is 0 Å². The number of allylic oxidation sites excluding steroid dienone is 1. The van der Waals surface area contributed by atoms with Crippen molar-refractivity contribution in [3.63, 3.8) is 0 Å². The Balaban J connectivity index is 1.59. The molecule has 5 rings (SSSR count). The minimum Gasteiger partial charge on any atom is -0.463 e. The zero-order chi connectivity index (χ0) is 27.0. The Kier molecular flexibility index (Phi) is 6.77. The molecule has 0 saturated heterocycles. The van der Waals surface area contributed by atoms with Crippen LogP contribution in [0, 0.1) is 5.82 Å². The number of fused-ring (bicyclic) bond motifs is 1. The number of ether oxygens (including phenoxy) is 1. The van der Waals surface area contributed by atoms with Gasteiger partial charge < -0.3 is 9.15 Å². The molecular weight excluding hydrogens is 507 g/mol. The number of esters is 1. The van der Waals surface area contributed by atoms with Crippen molar-refractivity contribution in [3.05, 3.63) is 114 Å². The molecule has 0 amide bonds. The van der Waals surface area contributed by atoms with Crippen LogP contribution in [0.5, 0.6) is 0 Å². The van der Waals surface area contributed by atoms with Gasteiger partial charge in [-0.25, -0.2) is 14.2 Å². The van der Waals surface area contributed by atoms with Crippen LogP contribution >= 0.6 is 11.3 Å². The molecule has 0 radical (unpaired) electrons. The maximum atomic E-state index is 13.7. The first kappa shape index (κ1) is 25.3. The van der Waals surface area contributed by atoms with Gasteiger partial charge in [-0.3, -0.25) is 14.2 Å². The zero-order valence-corrected chi connectivity index (χ0v) is 21.7. The fraction of sp³-hybridized carbons (Fsp3) is 0.172. The monoisotopic (exact) mass is 530 g/mol. The second kappa shape index (κ2) is 10.2. The molecule has 9 heteroatoms. The van der Waals surface area contributed by atoms with E-state index < -0.39 is 17.8 Å². The van der Waals surface area contributed by atoms with E-state index in [0.717, 1.165) is 5.56 Å². The number of hydrogen-bond acceptors (Lipinski definition) is 7. The molecule has 0 bridgehead atoms. The van der Waals surface area contributed by atoms with Gasteiger partial charge >= 0.3 is 5.97 Å². The number of carbonyl (C=O) groups excluding carboxylic acids is 2. The minimum absolute atomic E-state index is 0.0210. The van der Waals surface area contributed by atoms with Crippen molar-refractivity contribution >= 4 is 29.2 Å². The highest BCUT2D eigenvalue weighted by atomic mass is 32.1. The molecule has 1 atom stereocenters. The first-order chi connectivity index (χ1) is 18.3. The van der Waals surface area contributed by atoms with Crippen molar-refractivity contribution in [2.24, 2.45) is 4.99 Å². The van der Waals surface area contributed by atoms with Crippen molar-refractivity contribution in [2.75, 3.05) is 6.61 Å². The Bertz CT molecular complexity index is 1760. The molecule has 0 spiro atoms. The summed E-state index contributed by atoms with van der Waals surface area (Å²) in [6.07, 6.45) is 1.63. The lowest BCUT2D eigenvalue weighted by atomic mass is 9.96. The van der Waals surface area contributed by atoms with Gasteiger partial charge in [0.2, 0.25) is 0 Å². The summed E-state index contributed by atoms with van der Waals surface area (Å²) in [4.78, 5) is 43.0. The van der Waals surface area contributed by atoms with Crippen molar-refractivity contribution < 1.29 is 23.1 Å². The fourth-order valence-corrected chi connectivity index (χ4v) is 5.36. The SMILES string of the molecule is CCOC(=O)C1=C(C)N=c2s/c(=C/c3ccc(-c4ccc(C(C)=O)cc4)o3)c(=O)n2[C@H]1c1ccc(F)cc1. The summed E-state index contributed by atoms with van der Waals surface area (Å²) in [6.45, 7) is 5.06. The summed E-state index contributed by atoms with van der Waals surface area (Å²) in [7, 11) is 0. The molecule has 4 aromatic rings. The molecule has 0 aliphatic carbocycles. The lowest BCUT2D eigenvalue weighted by Gasteiger charge is -2.24. The number of hydrogen-bond donors (Lipinski definition) is 0. The Hall–Kier alpha value is -4.37.